The van der Waals surface area contributed by atoms with Gasteiger partial charge < -0.3 is 4.74 Å². The van der Waals surface area contributed by atoms with Crippen LogP contribution < -0.4 is 4.74 Å². The fourth-order valence-corrected chi connectivity index (χ4v) is 1.20. The van der Waals surface area contributed by atoms with Gasteiger partial charge in [0.15, 0.2) is 0 Å². The van der Waals surface area contributed by atoms with Crippen molar-refractivity contribution in [1.82, 2.24) is 0 Å². The molecule has 0 heterocycles. The second-order valence-electron chi connectivity index (χ2n) is 4.50. The lowest BCUT2D eigenvalue weighted by Crippen LogP contribution is -2.13. The van der Waals surface area contributed by atoms with Gasteiger partial charge in [0, 0.05) is 6.07 Å². The van der Waals surface area contributed by atoms with Crippen molar-refractivity contribution in [3.05, 3.63) is 29.6 Å². The summed E-state index contributed by atoms with van der Waals surface area (Å²) in [7, 11) is 0. The summed E-state index contributed by atoms with van der Waals surface area (Å²) in [6, 6.07) is 6.65. The normalized spacial score (nSPS) is 10.9. The molecule has 0 aliphatic heterocycles. The van der Waals surface area contributed by atoms with Gasteiger partial charge in [-0.15, -0.1) is 0 Å². The number of nitriles is 1. The Morgan fingerprint density at radius 2 is 2.12 bits per heavy atom. The van der Waals surface area contributed by atoms with Gasteiger partial charge in [-0.05, 0) is 38.8 Å². The van der Waals surface area contributed by atoms with Crippen molar-refractivity contribution in [3.8, 4) is 11.8 Å². The number of aryl methyl sites for hydroxylation is 1. The van der Waals surface area contributed by atoms with Crippen LogP contribution in [0.25, 0.3) is 0 Å². The molecule has 0 fully saturated rings. The number of hydrogen-bond donors (Lipinski definition) is 0. The van der Waals surface area contributed by atoms with Crippen molar-refractivity contribution < 1.29 is 9.13 Å². The van der Waals surface area contributed by atoms with Crippen LogP contribution in [0.1, 0.15) is 25.8 Å². The van der Waals surface area contributed by atoms with E-state index in [-0.39, 0.29) is 5.82 Å². The summed E-state index contributed by atoms with van der Waals surface area (Å²) in [6.07, 6.45) is 0.624. The molecule has 0 radical (unpaired) electrons. The van der Waals surface area contributed by atoms with Crippen LogP contribution in [0, 0.1) is 29.5 Å². The maximum atomic E-state index is 12.9. The Kier molecular flexibility index (Phi) is 3.89. The Bertz CT molecular complexity index is 407. The highest BCUT2D eigenvalue weighted by molar-refractivity contribution is 5.32. The minimum atomic E-state index is -0.402. The topological polar surface area (TPSA) is 33.0 Å². The molecular formula is C13H16FNO. The number of rotatable bonds is 4. The number of ether oxygens (including phenoxy) is 1. The van der Waals surface area contributed by atoms with E-state index in [1.54, 1.807) is 6.07 Å². The molecule has 1 aromatic carbocycles. The van der Waals surface area contributed by atoms with Crippen LogP contribution in [-0.2, 0) is 0 Å². The molecule has 2 nitrogen and oxygen atoms in total. The highest BCUT2D eigenvalue weighted by Gasteiger charge is 2.16. The maximum Gasteiger partial charge on any atom is 0.126 e. The largest absolute Gasteiger partial charge is 0.493 e. The monoisotopic (exact) mass is 221 g/mol. The molecule has 86 valence electrons. The molecule has 0 saturated carbocycles. The second kappa shape index (κ2) is 4.98. The summed E-state index contributed by atoms with van der Waals surface area (Å²) in [5.74, 6) is 0.244. The van der Waals surface area contributed by atoms with E-state index in [9.17, 15) is 4.39 Å². The summed E-state index contributed by atoms with van der Waals surface area (Å²) < 4.78 is 18.4. The average Bonchev–Trinajstić information content (AvgIpc) is 2.23. The minimum Gasteiger partial charge on any atom is -0.493 e. The number of nitrogens with zero attached hydrogens (tertiary/aromatic N) is 1. The van der Waals surface area contributed by atoms with Gasteiger partial charge in [-0.1, -0.05) is 6.07 Å². The van der Waals surface area contributed by atoms with Crippen LogP contribution in [0.4, 0.5) is 4.39 Å². The lowest BCUT2D eigenvalue weighted by Gasteiger charge is -2.16. The third-order valence-electron chi connectivity index (χ3n) is 2.44. The molecule has 16 heavy (non-hydrogen) atoms. The Labute approximate surface area is 95.7 Å². The van der Waals surface area contributed by atoms with Gasteiger partial charge in [0.25, 0.3) is 0 Å². The molecule has 0 aliphatic rings. The van der Waals surface area contributed by atoms with Gasteiger partial charge in [-0.2, -0.15) is 5.26 Å². The molecule has 0 unspecified atom stereocenters. The predicted octanol–water partition coefficient (Wildman–Crippen LogP) is 3.45. The quantitative estimate of drug-likeness (QED) is 0.780. The molecule has 1 aromatic rings. The molecule has 0 N–H and O–H groups in total. The van der Waals surface area contributed by atoms with Crippen LogP contribution in [0.5, 0.6) is 5.75 Å². The Balaban J connectivity index is 2.56. The zero-order valence-electron chi connectivity index (χ0n) is 9.88. The van der Waals surface area contributed by atoms with E-state index in [0.717, 1.165) is 5.56 Å². The van der Waals surface area contributed by atoms with E-state index >= 15 is 0 Å². The van der Waals surface area contributed by atoms with Gasteiger partial charge in [0.1, 0.15) is 11.6 Å². The second-order valence-corrected chi connectivity index (χ2v) is 4.50. The van der Waals surface area contributed by atoms with Gasteiger partial charge >= 0.3 is 0 Å². The van der Waals surface area contributed by atoms with Crippen molar-refractivity contribution in [1.29, 1.82) is 5.26 Å². The van der Waals surface area contributed by atoms with E-state index in [1.165, 1.54) is 12.1 Å². The van der Waals surface area contributed by atoms with E-state index in [1.807, 2.05) is 20.8 Å². The molecule has 1 rings (SSSR count). The van der Waals surface area contributed by atoms with Crippen LogP contribution in [-0.4, -0.2) is 6.61 Å². The number of hydrogen-bond acceptors (Lipinski definition) is 2. The van der Waals surface area contributed by atoms with Crippen LogP contribution >= 0.6 is 0 Å². The van der Waals surface area contributed by atoms with Crippen molar-refractivity contribution in [2.45, 2.75) is 27.2 Å². The summed E-state index contributed by atoms with van der Waals surface area (Å²) in [5, 5.41) is 8.82. The van der Waals surface area contributed by atoms with Crippen LogP contribution in [0.2, 0.25) is 0 Å². The molecule has 0 aromatic heterocycles. The first-order valence-corrected chi connectivity index (χ1v) is 5.25. The third-order valence-corrected chi connectivity index (χ3v) is 2.44. The van der Waals surface area contributed by atoms with Crippen LogP contribution in [0.15, 0.2) is 18.2 Å². The van der Waals surface area contributed by atoms with Crippen molar-refractivity contribution in [2.24, 2.45) is 5.41 Å². The molecule has 0 atom stereocenters. The third kappa shape index (κ3) is 3.54. The zero-order valence-corrected chi connectivity index (χ0v) is 9.88. The Morgan fingerprint density at radius 1 is 1.44 bits per heavy atom. The lowest BCUT2D eigenvalue weighted by molar-refractivity contribution is 0.262. The smallest absolute Gasteiger partial charge is 0.126 e. The van der Waals surface area contributed by atoms with Gasteiger partial charge in [-0.25, -0.2) is 4.39 Å². The first-order valence-electron chi connectivity index (χ1n) is 5.25. The number of halogens is 1. The van der Waals surface area contributed by atoms with Gasteiger partial charge in [0.05, 0.1) is 18.1 Å². The minimum absolute atomic E-state index is 0.305. The summed E-state index contributed by atoms with van der Waals surface area (Å²) in [4.78, 5) is 0. The fraction of sp³-hybridized carbons (Fsp3) is 0.462. The molecule has 3 heteroatoms. The molecular weight excluding hydrogens is 205 g/mol. The maximum absolute atomic E-state index is 12.9. The Morgan fingerprint density at radius 3 is 2.75 bits per heavy atom. The standard InChI is InChI=1S/C13H16FNO/c1-10-4-5-11(14)8-12(10)16-7-6-13(2,3)9-15/h4-5,8H,6-7H2,1-3H3. The molecule has 0 amide bonds. The average molecular weight is 221 g/mol. The first kappa shape index (κ1) is 12.5. The van der Waals surface area contributed by atoms with Crippen LogP contribution in [0.3, 0.4) is 0 Å². The first-order chi connectivity index (χ1) is 7.44. The van der Waals surface area contributed by atoms with E-state index in [4.69, 9.17) is 10.00 Å². The highest BCUT2D eigenvalue weighted by atomic mass is 19.1. The molecule has 0 spiro atoms. The SMILES string of the molecule is Cc1ccc(F)cc1OCCC(C)(C)C#N. The molecule has 0 bridgehead atoms. The van der Waals surface area contributed by atoms with Crippen molar-refractivity contribution in [2.75, 3.05) is 6.61 Å². The zero-order chi connectivity index (χ0) is 12.2. The van der Waals surface area contributed by atoms with Gasteiger partial charge in [-0.3, -0.25) is 0 Å². The van der Waals surface area contributed by atoms with Crippen molar-refractivity contribution in [3.63, 3.8) is 0 Å². The Hall–Kier alpha value is -1.56. The fourth-order valence-electron chi connectivity index (χ4n) is 1.20. The van der Waals surface area contributed by atoms with E-state index in [2.05, 4.69) is 6.07 Å². The molecule has 0 saturated heterocycles. The number of benzene rings is 1. The molecule has 0 aliphatic carbocycles. The summed E-state index contributed by atoms with van der Waals surface area (Å²) in [6.45, 7) is 6.00. The lowest BCUT2D eigenvalue weighted by atomic mass is 9.92. The van der Waals surface area contributed by atoms with E-state index in [0.29, 0.717) is 18.8 Å². The summed E-state index contributed by atoms with van der Waals surface area (Å²) in [5.41, 5.74) is 0.498. The van der Waals surface area contributed by atoms with Gasteiger partial charge in [0.2, 0.25) is 0 Å². The van der Waals surface area contributed by atoms with Crippen molar-refractivity contribution >= 4 is 0 Å². The highest BCUT2D eigenvalue weighted by Crippen LogP contribution is 2.22. The summed E-state index contributed by atoms with van der Waals surface area (Å²) >= 11 is 0. The predicted molar refractivity (Wildman–Crippen MR) is 60.6 cm³/mol. The van der Waals surface area contributed by atoms with E-state index < -0.39 is 5.41 Å².